The van der Waals surface area contributed by atoms with Gasteiger partial charge in [-0.1, -0.05) is 15.9 Å². The zero-order valence-corrected chi connectivity index (χ0v) is 10.8. The van der Waals surface area contributed by atoms with E-state index in [9.17, 15) is 24.9 Å². The lowest BCUT2D eigenvalue weighted by Gasteiger charge is -2.04. The van der Waals surface area contributed by atoms with Gasteiger partial charge >= 0.3 is 5.97 Å². The van der Waals surface area contributed by atoms with Crippen LogP contribution in [0.25, 0.3) is 10.8 Å². The summed E-state index contributed by atoms with van der Waals surface area (Å²) in [5.74, 6) is -3.43. The molecule has 0 heterocycles. The average molecular weight is 327 g/mol. The molecule has 0 saturated heterocycles. The van der Waals surface area contributed by atoms with Crippen LogP contribution in [0, 0.1) is 0 Å². The standard InChI is InChI=1S/C12H7BrO6/c13-6-3-8(15)11(17)9-5(6)1-4(12(18)19)2-7(14)10(9)16/h1-3,15,17H,(H,14,16)(H,18,19). The molecule has 0 aliphatic rings. The SMILES string of the molecule is O=C(O)c1cc(=O)c(O)c2c(O)c(O)cc(Br)c2c1. The van der Waals surface area contributed by atoms with Gasteiger partial charge in [0.05, 0.1) is 10.9 Å². The molecule has 6 nitrogen and oxygen atoms in total. The van der Waals surface area contributed by atoms with Crippen LogP contribution in [-0.4, -0.2) is 26.4 Å². The van der Waals surface area contributed by atoms with Crippen LogP contribution in [-0.2, 0) is 0 Å². The number of benzene rings is 1. The number of carboxylic acids is 1. The summed E-state index contributed by atoms with van der Waals surface area (Å²) < 4.78 is 0.228. The van der Waals surface area contributed by atoms with Crippen LogP contribution >= 0.6 is 15.9 Å². The predicted molar refractivity (Wildman–Crippen MR) is 69.9 cm³/mol. The maximum atomic E-state index is 11.6. The molecule has 0 saturated carbocycles. The quantitative estimate of drug-likeness (QED) is 0.594. The largest absolute Gasteiger partial charge is 0.504 e. The Balaban J connectivity index is 3.16. The molecule has 4 N–H and O–H groups in total. The second-order valence-electron chi connectivity index (χ2n) is 3.78. The first-order chi connectivity index (χ1) is 8.82. The van der Waals surface area contributed by atoms with Crippen molar-refractivity contribution in [2.45, 2.75) is 0 Å². The van der Waals surface area contributed by atoms with Gasteiger partial charge in [-0.25, -0.2) is 4.79 Å². The van der Waals surface area contributed by atoms with Crippen molar-refractivity contribution < 1.29 is 25.2 Å². The van der Waals surface area contributed by atoms with Gasteiger partial charge in [0.15, 0.2) is 17.2 Å². The second-order valence-corrected chi connectivity index (χ2v) is 4.63. The molecule has 0 aliphatic carbocycles. The Morgan fingerprint density at radius 1 is 1.05 bits per heavy atom. The molecule has 0 unspecified atom stereocenters. The number of rotatable bonds is 1. The van der Waals surface area contributed by atoms with E-state index in [2.05, 4.69) is 15.9 Å². The van der Waals surface area contributed by atoms with Gasteiger partial charge in [0.1, 0.15) is 0 Å². The summed E-state index contributed by atoms with van der Waals surface area (Å²) in [5, 5.41) is 37.6. The molecule has 0 radical (unpaired) electrons. The van der Waals surface area contributed by atoms with Crippen LogP contribution < -0.4 is 5.43 Å². The number of aromatic hydroxyl groups is 3. The highest BCUT2D eigenvalue weighted by atomic mass is 79.9. The van der Waals surface area contributed by atoms with E-state index in [1.54, 1.807) is 0 Å². The fourth-order valence-electron chi connectivity index (χ4n) is 1.68. The molecule has 0 aliphatic heterocycles. The molecular weight excluding hydrogens is 320 g/mol. The Hall–Kier alpha value is -2.28. The summed E-state index contributed by atoms with van der Waals surface area (Å²) in [4.78, 5) is 22.6. The topological polar surface area (TPSA) is 115 Å². The molecule has 0 spiro atoms. The van der Waals surface area contributed by atoms with Gasteiger partial charge < -0.3 is 20.4 Å². The molecule has 0 atom stereocenters. The number of halogens is 1. The monoisotopic (exact) mass is 326 g/mol. The Morgan fingerprint density at radius 3 is 2.26 bits per heavy atom. The minimum atomic E-state index is -1.35. The third kappa shape index (κ3) is 2.08. The molecule has 0 bridgehead atoms. The van der Waals surface area contributed by atoms with Crippen molar-refractivity contribution in [2.24, 2.45) is 0 Å². The summed E-state index contributed by atoms with van der Waals surface area (Å²) >= 11 is 3.07. The zero-order chi connectivity index (χ0) is 14.3. The minimum absolute atomic E-state index is 0.0901. The van der Waals surface area contributed by atoms with E-state index in [0.29, 0.717) is 0 Å². The molecule has 0 fully saturated rings. The van der Waals surface area contributed by atoms with Gasteiger partial charge in [0.25, 0.3) is 0 Å². The summed E-state index contributed by atoms with van der Waals surface area (Å²) in [7, 11) is 0. The lowest BCUT2D eigenvalue weighted by molar-refractivity contribution is 0.0697. The van der Waals surface area contributed by atoms with E-state index in [4.69, 9.17) is 5.11 Å². The normalized spacial score (nSPS) is 10.6. The second kappa shape index (κ2) is 4.43. The summed E-state index contributed by atoms with van der Waals surface area (Å²) in [6.45, 7) is 0. The first-order valence-corrected chi connectivity index (χ1v) is 5.77. The molecule has 2 aromatic rings. The fourth-order valence-corrected chi connectivity index (χ4v) is 2.20. The van der Waals surface area contributed by atoms with Crippen LogP contribution in [0.1, 0.15) is 10.4 Å². The first kappa shape index (κ1) is 13.2. The number of carboxylic acid groups (broad SMARTS) is 1. The maximum Gasteiger partial charge on any atom is 0.335 e. The fraction of sp³-hybridized carbons (Fsp3) is 0. The van der Waals surface area contributed by atoms with Crippen LogP contribution in [0.5, 0.6) is 17.2 Å². The molecule has 98 valence electrons. The van der Waals surface area contributed by atoms with E-state index in [-0.39, 0.29) is 20.8 Å². The number of hydrogen-bond acceptors (Lipinski definition) is 5. The smallest absolute Gasteiger partial charge is 0.335 e. The third-order valence-electron chi connectivity index (χ3n) is 2.57. The maximum absolute atomic E-state index is 11.6. The lowest BCUT2D eigenvalue weighted by Crippen LogP contribution is -2.00. The van der Waals surface area contributed by atoms with E-state index in [1.807, 2.05) is 0 Å². The van der Waals surface area contributed by atoms with Gasteiger partial charge in [0, 0.05) is 15.9 Å². The zero-order valence-electron chi connectivity index (χ0n) is 9.22. The van der Waals surface area contributed by atoms with E-state index in [1.165, 1.54) is 0 Å². The number of hydrogen-bond donors (Lipinski definition) is 4. The van der Waals surface area contributed by atoms with Crippen LogP contribution in [0.3, 0.4) is 0 Å². The van der Waals surface area contributed by atoms with Gasteiger partial charge in [-0.05, 0) is 12.1 Å². The molecule has 7 heteroatoms. The third-order valence-corrected chi connectivity index (χ3v) is 3.23. The predicted octanol–water partition coefficient (Wildman–Crippen LogP) is 1.78. The van der Waals surface area contributed by atoms with E-state index < -0.39 is 28.6 Å². The molecule has 0 aromatic heterocycles. The van der Waals surface area contributed by atoms with Gasteiger partial charge in [0.2, 0.25) is 5.43 Å². The molecule has 2 rings (SSSR count). The highest BCUT2D eigenvalue weighted by Gasteiger charge is 2.17. The number of phenolic OH excluding ortho intramolecular Hbond substituents is 2. The van der Waals surface area contributed by atoms with Crippen molar-refractivity contribution in [2.75, 3.05) is 0 Å². The first-order valence-electron chi connectivity index (χ1n) is 4.97. The number of aromatic carboxylic acids is 1. The highest BCUT2D eigenvalue weighted by molar-refractivity contribution is 9.10. The molecule has 19 heavy (non-hydrogen) atoms. The van der Waals surface area contributed by atoms with Crippen molar-refractivity contribution in [3.05, 3.63) is 38.5 Å². The van der Waals surface area contributed by atoms with Crippen LogP contribution in [0.15, 0.2) is 27.5 Å². The van der Waals surface area contributed by atoms with Crippen molar-refractivity contribution >= 4 is 32.7 Å². The average Bonchev–Trinajstić information content (AvgIpc) is 2.46. The van der Waals surface area contributed by atoms with Gasteiger partial charge in [-0.15, -0.1) is 0 Å². The van der Waals surface area contributed by atoms with E-state index in [0.717, 1.165) is 18.2 Å². The van der Waals surface area contributed by atoms with Crippen molar-refractivity contribution in [1.82, 2.24) is 0 Å². The summed E-state index contributed by atoms with van der Waals surface area (Å²) in [6.07, 6.45) is 0. The number of carbonyl (C=O) groups is 1. The lowest BCUT2D eigenvalue weighted by atomic mass is 10.1. The highest BCUT2D eigenvalue weighted by Crippen LogP contribution is 2.41. The van der Waals surface area contributed by atoms with Crippen LogP contribution in [0.2, 0.25) is 0 Å². The number of phenols is 2. The minimum Gasteiger partial charge on any atom is -0.504 e. The molecule has 0 amide bonds. The Labute approximate surface area is 114 Å². The van der Waals surface area contributed by atoms with Gasteiger partial charge in [-0.3, -0.25) is 4.79 Å². The van der Waals surface area contributed by atoms with Crippen molar-refractivity contribution in [3.8, 4) is 17.2 Å². The van der Waals surface area contributed by atoms with Crippen molar-refractivity contribution in [3.63, 3.8) is 0 Å². The summed E-state index contributed by atoms with van der Waals surface area (Å²) in [6, 6.07) is 2.98. The molecular formula is C12H7BrO6. The van der Waals surface area contributed by atoms with E-state index >= 15 is 0 Å². The Morgan fingerprint density at radius 2 is 1.68 bits per heavy atom. The number of fused-ring (bicyclic) bond motifs is 1. The van der Waals surface area contributed by atoms with Crippen molar-refractivity contribution in [1.29, 1.82) is 0 Å². The van der Waals surface area contributed by atoms with Gasteiger partial charge in [-0.2, -0.15) is 0 Å². The summed E-state index contributed by atoms with van der Waals surface area (Å²) in [5.41, 5.74) is -1.32. The molecule has 2 aromatic carbocycles. The van der Waals surface area contributed by atoms with Crippen LogP contribution in [0.4, 0.5) is 0 Å². The Kier molecular flexibility index (Phi) is 3.07. The Bertz CT molecular complexity index is 768.